The zero-order chi connectivity index (χ0) is 17.6. The van der Waals surface area contributed by atoms with Gasteiger partial charge in [-0.25, -0.2) is 9.37 Å². The fraction of sp³-hybridized carbons (Fsp3) is 0.300. The van der Waals surface area contributed by atoms with Gasteiger partial charge in [0.2, 0.25) is 5.91 Å². The van der Waals surface area contributed by atoms with Crippen molar-refractivity contribution in [3.8, 4) is 0 Å². The van der Waals surface area contributed by atoms with Gasteiger partial charge in [0.1, 0.15) is 11.6 Å². The minimum absolute atomic E-state index is 0.0502. The average Bonchev–Trinajstić information content (AvgIpc) is 2.98. The van der Waals surface area contributed by atoms with Crippen LogP contribution in [0.4, 0.5) is 4.39 Å². The van der Waals surface area contributed by atoms with Crippen molar-refractivity contribution in [2.45, 2.75) is 32.6 Å². The lowest BCUT2D eigenvalue weighted by Gasteiger charge is -2.05. The van der Waals surface area contributed by atoms with Crippen molar-refractivity contribution in [3.05, 3.63) is 65.2 Å². The van der Waals surface area contributed by atoms with Gasteiger partial charge in [-0.3, -0.25) is 4.79 Å². The molecule has 0 aliphatic rings. The molecule has 0 aliphatic carbocycles. The van der Waals surface area contributed by atoms with E-state index in [2.05, 4.69) is 46.5 Å². The van der Waals surface area contributed by atoms with Gasteiger partial charge in [-0.2, -0.15) is 0 Å². The smallest absolute Gasteiger partial charge is 0.220 e. The van der Waals surface area contributed by atoms with E-state index in [-0.39, 0.29) is 11.7 Å². The minimum atomic E-state index is -0.287. The van der Waals surface area contributed by atoms with Crippen LogP contribution in [-0.4, -0.2) is 22.4 Å². The van der Waals surface area contributed by atoms with E-state index in [1.807, 2.05) is 0 Å². The normalized spacial score (nSPS) is 11.0. The molecule has 0 fully saturated rings. The predicted octanol–water partition coefficient (Wildman–Crippen LogP) is 3.69. The highest BCUT2D eigenvalue weighted by atomic mass is 19.1. The predicted molar refractivity (Wildman–Crippen MR) is 96.9 cm³/mol. The second kappa shape index (κ2) is 7.92. The van der Waals surface area contributed by atoms with Crippen LogP contribution in [0.15, 0.2) is 42.5 Å². The molecule has 0 saturated carbocycles. The van der Waals surface area contributed by atoms with Gasteiger partial charge < -0.3 is 10.3 Å². The molecule has 0 bridgehead atoms. The van der Waals surface area contributed by atoms with E-state index in [4.69, 9.17) is 0 Å². The molecule has 2 aromatic carbocycles. The summed E-state index contributed by atoms with van der Waals surface area (Å²) in [6.45, 7) is 2.58. The summed E-state index contributed by atoms with van der Waals surface area (Å²) in [6, 6.07) is 12.9. The molecular formula is C20H22FN3O. The van der Waals surface area contributed by atoms with E-state index >= 15 is 0 Å². The molecule has 2 N–H and O–H groups in total. The van der Waals surface area contributed by atoms with Gasteiger partial charge in [0.15, 0.2) is 0 Å². The van der Waals surface area contributed by atoms with Crippen LogP contribution < -0.4 is 5.32 Å². The summed E-state index contributed by atoms with van der Waals surface area (Å²) in [4.78, 5) is 19.4. The van der Waals surface area contributed by atoms with Crippen LogP contribution in [0, 0.1) is 12.7 Å². The van der Waals surface area contributed by atoms with Crippen molar-refractivity contribution >= 4 is 16.9 Å². The Morgan fingerprint density at radius 2 is 1.96 bits per heavy atom. The van der Waals surface area contributed by atoms with E-state index in [1.165, 1.54) is 23.3 Å². The maximum Gasteiger partial charge on any atom is 0.220 e. The number of imidazole rings is 1. The number of hydrogen-bond donors (Lipinski definition) is 2. The molecule has 1 aromatic heterocycles. The Morgan fingerprint density at radius 1 is 1.16 bits per heavy atom. The lowest BCUT2D eigenvalue weighted by atomic mass is 10.1. The SMILES string of the molecule is Cc1ccc(CCCC(=O)NCCc2nc3ccc(F)cc3[nH]2)cc1. The topological polar surface area (TPSA) is 57.8 Å². The van der Waals surface area contributed by atoms with Gasteiger partial charge in [-0.1, -0.05) is 29.8 Å². The number of amides is 1. The van der Waals surface area contributed by atoms with Crippen LogP contribution in [0.1, 0.15) is 29.8 Å². The standard InChI is InChI=1S/C20H22FN3O/c1-14-5-7-15(8-6-14)3-2-4-20(25)22-12-11-19-23-17-10-9-16(21)13-18(17)24-19/h5-10,13H,2-4,11-12H2,1H3,(H,22,25)(H,23,24). The Labute approximate surface area is 146 Å². The first kappa shape index (κ1) is 17.1. The number of benzene rings is 2. The van der Waals surface area contributed by atoms with E-state index < -0.39 is 0 Å². The van der Waals surface area contributed by atoms with Crippen molar-refractivity contribution in [1.29, 1.82) is 0 Å². The van der Waals surface area contributed by atoms with Crippen LogP contribution in [0.3, 0.4) is 0 Å². The van der Waals surface area contributed by atoms with Crippen molar-refractivity contribution < 1.29 is 9.18 Å². The fourth-order valence-electron chi connectivity index (χ4n) is 2.77. The van der Waals surface area contributed by atoms with Crippen LogP contribution in [0.2, 0.25) is 0 Å². The van der Waals surface area contributed by atoms with Crippen molar-refractivity contribution in [2.24, 2.45) is 0 Å². The van der Waals surface area contributed by atoms with E-state index in [9.17, 15) is 9.18 Å². The van der Waals surface area contributed by atoms with Crippen molar-refractivity contribution in [2.75, 3.05) is 6.54 Å². The Bertz CT molecular complexity index is 855. The molecule has 1 heterocycles. The van der Waals surface area contributed by atoms with Crippen LogP contribution in [0.5, 0.6) is 0 Å². The van der Waals surface area contributed by atoms with Crippen molar-refractivity contribution in [3.63, 3.8) is 0 Å². The summed E-state index contributed by atoms with van der Waals surface area (Å²) >= 11 is 0. The number of aromatic nitrogens is 2. The van der Waals surface area contributed by atoms with E-state index in [1.54, 1.807) is 6.07 Å². The monoisotopic (exact) mass is 339 g/mol. The average molecular weight is 339 g/mol. The number of nitrogens with zero attached hydrogens (tertiary/aromatic N) is 1. The number of aryl methyl sites for hydroxylation is 2. The number of halogens is 1. The first-order valence-corrected chi connectivity index (χ1v) is 8.56. The van der Waals surface area contributed by atoms with Gasteiger partial charge in [0.05, 0.1) is 11.0 Å². The summed E-state index contributed by atoms with van der Waals surface area (Å²) in [5.74, 6) is 0.513. The molecule has 5 heteroatoms. The zero-order valence-electron chi connectivity index (χ0n) is 14.3. The number of nitrogens with one attached hydrogen (secondary N) is 2. The molecule has 0 spiro atoms. The van der Waals surface area contributed by atoms with Crippen LogP contribution in [0.25, 0.3) is 11.0 Å². The number of carbonyl (C=O) groups excluding carboxylic acids is 1. The summed E-state index contributed by atoms with van der Waals surface area (Å²) in [6.07, 6.45) is 2.85. The Kier molecular flexibility index (Phi) is 5.43. The highest BCUT2D eigenvalue weighted by Crippen LogP contribution is 2.13. The number of hydrogen-bond acceptors (Lipinski definition) is 2. The number of H-pyrrole nitrogens is 1. The lowest BCUT2D eigenvalue weighted by Crippen LogP contribution is -2.25. The molecule has 130 valence electrons. The lowest BCUT2D eigenvalue weighted by molar-refractivity contribution is -0.121. The Hall–Kier alpha value is -2.69. The van der Waals surface area contributed by atoms with Gasteiger partial charge >= 0.3 is 0 Å². The molecule has 4 nitrogen and oxygen atoms in total. The zero-order valence-corrected chi connectivity index (χ0v) is 14.3. The number of rotatable bonds is 7. The summed E-state index contributed by atoms with van der Waals surface area (Å²) in [5.41, 5.74) is 3.92. The molecule has 0 aliphatic heterocycles. The third-order valence-electron chi connectivity index (χ3n) is 4.17. The Balaban J connectivity index is 1.39. The van der Waals surface area contributed by atoms with Gasteiger partial charge in [0, 0.05) is 19.4 Å². The quantitative estimate of drug-likeness (QED) is 0.690. The molecule has 1 amide bonds. The molecule has 0 radical (unpaired) electrons. The summed E-state index contributed by atoms with van der Waals surface area (Å²) in [5, 5.41) is 2.91. The fourth-order valence-corrected chi connectivity index (χ4v) is 2.77. The maximum absolute atomic E-state index is 13.2. The number of carbonyl (C=O) groups is 1. The molecule has 0 atom stereocenters. The molecule has 3 aromatic rings. The molecule has 0 saturated heterocycles. The maximum atomic E-state index is 13.2. The third-order valence-corrected chi connectivity index (χ3v) is 4.17. The second-order valence-corrected chi connectivity index (χ2v) is 6.28. The van der Waals surface area contributed by atoms with Gasteiger partial charge in [0.25, 0.3) is 0 Å². The van der Waals surface area contributed by atoms with Crippen LogP contribution >= 0.6 is 0 Å². The summed E-state index contributed by atoms with van der Waals surface area (Å²) in [7, 11) is 0. The van der Waals surface area contributed by atoms with Crippen molar-refractivity contribution in [1.82, 2.24) is 15.3 Å². The first-order valence-electron chi connectivity index (χ1n) is 8.56. The molecule has 0 unspecified atom stereocenters. The second-order valence-electron chi connectivity index (χ2n) is 6.28. The van der Waals surface area contributed by atoms with Gasteiger partial charge in [-0.15, -0.1) is 0 Å². The highest BCUT2D eigenvalue weighted by molar-refractivity contribution is 5.76. The van der Waals surface area contributed by atoms with Gasteiger partial charge in [-0.05, 0) is 43.5 Å². The molecule has 3 rings (SSSR count). The minimum Gasteiger partial charge on any atom is -0.356 e. The third kappa shape index (κ3) is 4.89. The highest BCUT2D eigenvalue weighted by Gasteiger charge is 2.05. The summed E-state index contributed by atoms with van der Waals surface area (Å²) < 4.78 is 13.2. The molecular weight excluding hydrogens is 317 g/mol. The number of fused-ring (bicyclic) bond motifs is 1. The van der Waals surface area contributed by atoms with E-state index in [0.717, 1.165) is 24.2 Å². The molecule has 25 heavy (non-hydrogen) atoms. The van der Waals surface area contributed by atoms with E-state index in [0.29, 0.717) is 24.9 Å². The van der Waals surface area contributed by atoms with Crippen LogP contribution in [-0.2, 0) is 17.6 Å². The largest absolute Gasteiger partial charge is 0.356 e. The number of aromatic amines is 1. The Morgan fingerprint density at radius 3 is 2.76 bits per heavy atom. The first-order chi connectivity index (χ1) is 12.1.